The second-order valence-electron chi connectivity index (χ2n) is 15.2. The highest BCUT2D eigenvalue weighted by atomic mass is 15.0. The van der Waals surface area contributed by atoms with Crippen LogP contribution in [0.25, 0.3) is 60.8 Å². The van der Waals surface area contributed by atoms with Gasteiger partial charge >= 0.3 is 0 Å². The first-order valence-corrected chi connectivity index (χ1v) is 21.3. The van der Waals surface area contributed by atoms with E-state index in [0.29, 0.717) is 0 Å². The minimum absolute atomic E-state index is 0.399. The average Bonchev–Trinajstić information content (AvgIpc) is 3.93. The van der Waals surface area contributed by atoms with Crippen LogP contribution >= 0.6 is 0 Å². The van der Waals surface area contributed by atoms with Crippen molar-refractivity contribution in [3.8, 4) is 33.4 Å². The summed E-state index contributed by atoms with van der Waals surface area (Å²) in [5.74, 6) is 0. The molecule has 2 aliphatic carbocycles. The van der Waals surface area contributed by atoms with Crippen molar-refractivity contribution in [1.29, 1.82) is 0 Å². The first kappa shape index (κ1) is 38.4. The third-order valence-corrected chi connectivity index (χ3v) is 12.2. The van der Waals surface area contributed by atoms with Gasteiger partial charge in [-0.2, -0.15) is 0 Å². The lowest BCUT2D eigenvalue weighted by atomic mass is 9.67. The van der Waals surface area contributed by atoms with E-state index in [1.807, 2.05) is 45.9 Å². The van der Waals surface area contributed by atoms with Gasteiger partial charge in [-0.3, -0.25) is 0 Å². The maximum absolute atomic E-state index is 6.63. The molecule has 2 heteroatoms. The molecule has 2 nitrogen and oxygen atoms in total. The van der Waals surface area contributed by atoms with E-state index in [9.17, 15) is 0 Å². The van der Waals surface area contributed by atoms with Gasteiger partial charge in [-0.25, -0.2) is 0 Å². The van der Waals surface area contributed by atoms with Crippen molar-refractivity contribution in [1.82, 2.24) is 4.57 Å². The summed E-state index contributed by atoms with van der Waals surface area (Å²) in [5.41, 5.74) is 25.8. The van der Waals surface area contributed by atoms with Gasteiger partial charge in [0.25, 0.3) is 0 Å². The molecule has 2 N–H and O–H groups in total. The summed E-state index contributed by atoms with van der Waals surface area (Å²) in [6, 6.07) is 68.9. The van der Waals surface area contributed by atoms with Crippen LogP contribution in [0.4, 0.5) is 5.69 Å². The molecule has 0 aliphatic heterocycles. The summed E-state index contributed by atoms with van der Waals surface area (Å²) in [7, 11) is 0. The molecule has 60 heavy (non-hydrogen) atoms. The highest BCUT2D eigenvalue weighted by Crippen LogP contribution is 2.56. The van der Waals surface area contributed by atoms with Gasteiger partial charge < -0.3 is 10.3 Å². The van der Waals surface area contributed by atoms with Crippen molar-refractivity contribution in [2.45, 2.75) is 39.7 Å². The summed E-state index contributed by atoms with van der Waals surface area (Å²) >= 11 is 0. The van der Waals surface area contributed by atoms with Crippen LogP contribution in [0.1, 0.15) is 61.1 Å². The van der Waals surface area contributed by atoms with Crippen molar-refractivity contribution in [3.63, 3.8) is 0 Å². The molecule has 0 bridgehead atoms. The Morgan fingerprint density at radius 2 is 1.02 bits per heavy atom. The molecule has 2 aliphatic rings. The first-order valence-electron chi connectivity index (χ1n) is 21.3. The lowest BCUT2D eigenvalue weighted by Crippen LogP contribution is -2.28. The molecule has 0 spiro atoms. The van der Waals surface area contributed by atoms with Crippen molar-refractivity contribution >= 4 is 33.1 Å². The molecular weight excluding hydrogens is 725 g/mol. The Morgan fingerprint density at radius 1 is 0.467 bits per heavy atom. The maximum Gasteiger partial charge on any atom is 0.0713 e. The van der Waals surface area contributed by atoms with E-state index >= 15 is 0 Å². The van der Waals surface area contributed by atoms with Crippen LogP contribution in [-0.2, 0) is 12.0 Å². The number of hydrogen-bond acceptors (Lipinski definition) is 1. The topological polar surface area (TPSA) is 30.9 Å². The number of allylic oxidation sites excluding steroid dienone is 3. The van der Waals surface area contributed by atoms with Crippen LogP contribution in [0.15, 0.2) is 206 Å². The molecule has 1 heterocycles. The fourth-order valence-electron chi connectivity index (χ4n) is 9.64. The number of aromatic nitrogens is 1. The van der Waals surface area contributed by atoms with Crippen LogP contribution in [0.5, 0.6) is 0 Å². The second-order valence-corrected chi connectivity index (χ2v) is 15.2. The van der Waals surface area contributed by atoms with E-state index in [2.05, 4.69) is 193 Å². The van der Waals surface area contributed by atoms with Gasteiger partial charge in [-0.15, -0.1) is 0 Å². The van der Waals surface area contributed by atoms with Gasteiger partial charge in [0.15, 0.2) is 0 Å². The Kier molecular flexibility index (Phi) is 10.4. The Balaban J connectivity index is 0.000000730. The molecule has 292 valence electrons. The molecule has 0 amide bonds. The Bertz CT molecular complexity index is 3010. The maximum atomic E-state index is 6.63. The lowest BCUT2D eigenvalue weighted by molar-refractivity contribution is 0.768. The number of anilines is 1. The van der Waals surface area contributed by atoms with Gasteiger partial charge in [0, 0.05) is 39.6 Å². The van der Waals surface area contributed by atoms with Gasteiger partial charge in [0.05, 0.1) is 5.41 Å². The summed E-state index contributed by atoms with van der Waals surface area (Å²) in [6.45, 7) is 8.73. The van der Waals surface area contributed by atoms with Crippen molar-refractivity contribution in [2.75, 3.05) is 5.73 Å². The number of nitrogens with two attached hydrogens (primary N) is 1. The van der Waals surface area contributed by atoms with Gasteiger partial charge in [-0.1, -0.05) is 190 Å². The zero-order valence-electron chi connectivity index (χ0n) is 34.9. The summed E-state index contributed by atoms with van der Waals surface area (Å²) in [5, 5.41) is 2.52. The summed E-state index contributed by atoms with van der Waals surface area (Å²) in [6.07, 6.45) is 6.37. The first-order chi connectivity index (χ1) is 29.6. The number of nitrogens with zero attached hydrogens (tertiary/aromatic N) is 1. The van der Waals surface area contributed by atoms with Crippen molar-refractivity contribution in [2.24, 2.45) is 0 Å². The van der Waals surface area contributed by atoms with Crippen LogP contribution in [0, 0.1) is 0 Å². The highest BCUT2D eigenvalue weighted by molar-refractivity contribution is 6.10. The van der Waals surface area contributed by atoms with E-state index in [-0.39, 0.29) is 0 Å². The number of nitrogen functional groups attached to an aromatic ring is 1. The second kappa shape index (κ2) is 16.2. The molecule has 0 atom stereocenters. The third-order valence-electron chi connectivity index (χ3n) is 12.2. The minimum Gasteiger partial charge on any atom is -0.398 e. The monoisotopic (exact) mass is 774 g/mol. The van der Waals surface area contributed by atoms with Crippen molar-refractivity contribution in [3.05, 3.63) is 240 Å². The SMILES string of the molecule is C/C=C\C.CC.Nc1cccc2c1/C(=C\Cn1c3ccccc3c3cc(-c4ccc5c(c4)-c4ccccc4C5(c4ccccc4)c4ccccc4)ccc31)c1ccccc1-2. The van der Waals surface area contributed by atoms with Crippen LogP contribution < -0.4 is 5.73 Å². The van der Waals surface area contributed by atoms with Crippen LogP contribution in [0.3, 0.4) is 0 Å². The summed E-state index contributed by atoms with van der Waals surface area (Å²) < 4.78 is 2.45. The minimum atomic E-state index is -0.399. The van der Waals surface area contributed by atoms with E-state index in [4.69, 9.17) is 5.73 Å². The largest absolute Gasteiger partial charge is 0.398 e. The van der Waals surface area contributed by atoms with Gasteiger partial charge in [0.1, 0.15) is 0 Å². The normalized spacial score (nSPS) is 13.6. The molecule has 9 aromatic rings. The highest BCUT2D eigenvalue weighted by Gasteiger charge is 2.46. The fourth-order valence-corrected chi connectivity index (χ4v) is 9.64. The van der Waals surface area contributed by atoms with Crippen molar-refractivity contribution < 1.29 is 0 Å². The zero-order valence-corrected chi connectivity index (χ0v) is 34.9. The predicted molar refractivity (Wildman–Crippen MR) is 257 cm³/mol. The quantitative estimate of drug-likeness (QED) is 0.137. The molecule has 0 unspecified atom stereocenters. The Labute approximate surface area is 354 Å². The molecular formula is C58H50N2. The zero-order chi connectivity index (χ0) is 41.2. The Morgan fingerprint density at radius 3 is 1.73 bits per heavy atom. The summed E-state index contributed by atoms with van der Waals surface area (Å²) in [4.78, 5) is 0. The van der Waals surface area contributed by atoms with E-state index in [0.717, 1.165) is 17.8 Å². The molecule has 11 rings (SSSR count). The number of hydrogen-bond donors (Lipinski definition) is 1. The molecule has 0 fully saturated rings. The molecule has 0 radical (unpaired) electrons. The number of benzene rings is 8. The number of rotatable bonds is 5. The predicted octanol–water partition coefficient (Wildman–Crippen LogP) is 15.1. The fraction of sp³-hybridized carbons (Fsp3) is 0.103. The standard InChI is InChI=1S/C52H36N2.C4H8.C2H6/c53-48-24-13-22-42-38-18-7-8-19-39(38)43(51(42)48)30-31-54-49-25-12-10-21-41(49)45-33-35(27-29-50(45)54)34-26-28-47-44(32-34)40-20-9-11-23-46(40)52(47,36-14-3-1-4-15-36)37-16-5-2-6-17-37;1-3-4-2;1-2/h1-30,32-33H,31,53H2;3-4H,1-2H3;1-2H3/b43-30-;4-3-;. The average molecular weight is 775 g/mol. The lowest BCUT2D eigenvalue weighted by Gasteiger charge is -2.33. The van der Waals surface area contributed by atoms with Crippen LogP contribution in [0.2, 0.25) is 0 Å². The van der Waals surface area contributed by atoms with E-state index in [1.165, 1.54) is 88.6 Å². The van der Waals surface area contributed by atoms with Crippen LogP contribution in [-0.4, -0.2) is 4.57 Å². The molecule has 0 saturated carbocycles. The van der Waals surface area contributed by atoms with Gasteiger partial charge in [-0.05, 0) is 111 Å². The number of fused-ring (bicyclic) bond motifs is 9. The van der Waals surface area contributed by atoms with E-state index in [1.54, 1.807) is 0 Å². The molecule has 0 saturated heterocycles. The van der Waals surface area contributed by atoms with Gasteiger partial charge in [0.2, 0.25) is 0 Å². The molecule has 1 aromatic heterocycles. The van der Waals surface area contributed by atoms with E-state index < -0.39 is 5.41 Å². The molecule has 8 aromatic carbocycles. The smallest absolute Gasteiger partial charge is 0.0713 e. The number of para-hydroxylation sites is 1. The Hall–Kier alpha value is -7.16. The third kappa shape index (κ3) is 6.10.